The molecule has 0 spiro atoms. The lowest BCUT2D eigenvalue weighted by Gasteiger charge is -2.28. The van der Waals surface area contributed by atoms with Crippen molar-refractivity contribution in [2.75, 3.05) is 24.1 Å². The average molecular weight is 487 g/mol. The van der Waals surface area contributed by atoms with E-state index in [9.17, 15) is 16.8 Å². The van der Waals surface area contributed by atoms with Crippen LogP contribution in [0.5, 0.6) is 5.75 Å². The van der Waals surface area contributed by atoms with Gasteiger partial charge in [0.15, 0.2) is 0 Å². The van der Waals surface area contributed by atoms with E-state index in [0.717, 1.165) is 16.7 Å². The molecule has 1 N–H and O–H groups in total. The van der Waals surface area contributed by atoms with Crippen LogP contribution < -0.4 is 9.46 Å². The maximum Gasteiger partial charge on any atom is 0.243 e. The Balaban J connectivity index is 1.47. The van der Waals surface area contributed by atoms with Crippen LogP contribution >= 0.6 is 0 Å². The van der Waals surface area contributed by atoms with Gasteiger partial charge in [0.1, 0.15) is 5.75 Å². The number of rotatable bonds is 8. The molecule has 3 aromatic rings. The highest BCUT2D eigenvalue weighted by atomic mass is 32.2. The zero-order valence-electron chi connectivity index (χ0n) is 18.3. The lowest BCUT2D eigenvalue weighted by Crippen LogP contribution is -2.36. The van der Waals surface area contributed by atoms with Gasteiger partial charge in [0.2, 0.25) is 20.0 Å². The summed E-state index contributed by atoms with van der Waals surface area (Å²) in [6.45, 7) is 0.548. The van der Waals surface area contributed by atoms with Crippen LogP contribution in [0.1, 0.15) is 16.7 Å². The molecule has 0 saturated carbocycles. The number of fused-ring (bicyclic) bond motifs is 1. The minimum absolute atomic E-state index is 0.0356. The van der Waals surface area contributed by atoms with Gasteiger partial charge < -0.3 is 4.74 Å². The third kappa shape index (κ3) is 5.55. The number of hydrogen-bond acceptors (Lipinski definition) is 5. The van der Waals surface area contributed by atoms with Crippen molar-refractivity contribution in [2.24, 2.45) is 0 Å². The molecule has 0 aliphatic carbocycles. The van der Waals surface area contributed by atoms with Gasteiger partial charge >= 0.3 is 0 Å². The van der Waals surface area contributed by atoms with Gasteiger partial charge in [-0.2, -0.15) is 4.31 Å². The van der Waals surface area contributed by atoms with E-state index in [1.54, 1.807) is 24.3 Å². The maximum atomic E-state index is 13.1. The first-order valence-electron chi connectivity index (χ1n) is 10.6. The van der Waals surface area contributed by atoms with Crippen LogP contribution in [-0.4, -0.2) is 40.5 Å². The minimum Gasteiger partial charge on any atom is -0.497 e. The van der Waals surface area contributed by atoms with Crippen molar-refractivity contribution in [3.8, 4) is 5.75 Å². The van der Waals surface area contributed by atoms with Crippen molar-refractivity contribution in [3.63, 3.8) is 0 Å². The van der Waals surface area contributed by atoms with Crippen LogP contribution in [0, 0.1) is 0 Å². The summed E-state index contributed by atoms with van der Waals surface area (Å²) in [4.78, 5) is 0.199. The van der Waals surface area contributed by atoms with Crippen molar-refractivity contribution < 1.29 is 21.6 Å². The van der Waals surface area contributed by atoms with Gasteiger partial charge in [-0.15, -0.1) is 0 Å². The second-order valence-electron chi connectivity index (χ2n) is 7.90. The number of benzene rings is 3. The monoisotopic (exact) mass is 486 g/mol. The second-order valence-corrected chi connectivity index (χ2v) is 11.7. The molecule has 1 aliphatic rings. The number of ether oxygens (including phenoxy) is 1. The van der Waals surface area contributed by atoms with Gasteiger partial charge in [-0.25, -0.2) is 16.8 Å². The quantitative estimate of drug-likeness (QED) is 0.527. The maximum absolute atomic E-state index is 13.1. The molecule has 1 heterocycles. The zero-order chi connectivity index (χ0) is 23.5. The predicted octanol–water partition coefficient (Wildman–Crippen LogP) is 3.43. The number of sulfonamides is 2. The number of methoxy groups -OCH3 is 1. The first-order chi connectivity index (χ1) is 15.8. The molecule has 33 heavy (non-hydrogen) atoms. The summed E-state index contributed by atoms with van der Waals surface area (Å²) < 4.78 is 60.5. The predicted molar refractivity (Wildman–Crippen MR) is 128 cm³/mol. The molecule has 0 atom stereocenters. The molecule has 9 heteroatoms. The smallest absolute Gasteiger partial charge is 0.243 e. The molecular weight excluding hydrogens is 460 g/mol. The molecule has 1 aliphatic heterocycles. The average Bonchev–Trinajstić information content (AvgIpc) is 2.83. The lowest BCUT2D eigenvalue weighted by atomic mass is 10.0. The van der Waals surface area contributed by atoms with E-state index in [-0.39, 0.29) is 17.2 Å². The molecule has 0 unspecified atom stereocenters. The van der Waals surface area contributed by atoms with E-state index in [2.05, 4.69) is 4.72 Å². The summed E-state index contributed by atoms with van der Waals surface area (Å²) in [5.74, 6) is 0.550. The number of hydrogen-bond donors (Lipinski definition) is 1. The summed E-state index contributed by atoms with van der Waals surface area (Å²) in [7, 11) is -5.70. The topological polar surface area (TPSA) is 92.8 Å². The molecule has 0 bridgehead atoms. The van der Waals surface area contributed by atoms with Gasteiger partial charge in [0.25, 0.3) is 0 Å². The molecule has 3 aromatic carbocycles. The highest BCUT2D eigenvalue weighted by Gasteiger charge is 2.28. The summed E-state index contributed by atoms with van der Waals surface area (Å²) in [5, 5.41) is 0. The summed E-state index contributed by atoms with van der Waals surface area (Å²) >= 11 is 0. The summed E-state index contributed by atoms with van der Waals surface area (Å²) in [6, 6.07) is 21.1. The first-order valence-corrected chi connectivity index (χ1v) is 13.7. The van der Waals surface area contributed by atoms with Gasteiger partial charge in [-0.3, -0.25) is 4.72 Å². The lowest BCUT2D eigenvalue weighted by molar-refractivity contribution is 0.391. The molecule has 0 amide bonds. The fourth-order valence-electron chi connectivity index (χ4n) is 3.82. The van der Waals surface area contributed by atoms with Crippen LogP contribution in [0.4, 0.5) is 5.69 Å². The van der Waals surface area contributed by atoms with Crippen molar-refractivity contribution in [1.82, 2.24) is 4.31 Å². The minimum atomic E-state index is -3.68. The molecule has 4 rings (SSSR count). The van der Waals surface area contributed by atoms with Crippen molar-refractivity contribution >= 4 is 25.7 Å². The fourth-order valence-corrected chi connectivity index (χ4v) is 6.34. The Morgan fingerprint density at radius 1 is 0.909 bits per heavy atom. The van der Waals surface area contributed by atoms with E-state index >= 15 is 0 Å². The fraction of sp³-hybridized carbons (Fsp3) is 0.250. The number of nitrogens with one attached hydrogen (secondary N) is 1. The number of nitrogens with zero attached hydrogens (tertiary/aromatic N) is 1. The van der Waals surface area contributed by atoms with Crippen molar-refractivity contribution in [3.05, 3.63) is 89.5 Å². The Morgan fingerprint density at radius 2 is 1.64 bits per heavy atom. The van der Waals surface area contributed by atoms with Gasteiger partial charge in [-0.1, -0.05) is 36.4 Å². The van der Waals surface area contributed by atoms with Crippen LogP contribution in [0.15, 0.2) is 77.7 Å². The molecule has 0 saturated heterocycles. The number of aryl methyl sites for hydroxylation is 1. The second kappa shape index (κ2) is 9.54. The molecule has 0 fully saturated rings. The van der Waals surface area contributed by atoms with E-state index in [1.807, 2.05) is 36.4 Å². The van der Waals surface area contributed by atoms with Crippen LogP contribution in [-0.2, 0) is 39.4 Å². The first kappa shape index (κ1) is 23.3. The molecule has 0 radical (unpaired) electrons. The number of anilines is 1. The van der Waals surface area contributed by atoms with Gasteiger partial charge in [-0.05, 0) is 65.9 Å². The zero-order valence-corrected chi connectivity index (χ0v) is 19.9. The Kier molecular flexibility index (Phi) is 6.73. The SMILES string of the molecule is COc1ccc(S(=O)(=O)N2CCc3ccc(NS(=O)(=O)CCc4ccccc4)cc3C2)cc1. The molecular formula is C24H26N2O5S2. The Hall–Kier alpha value is -2.88. The third-order valence-corrected chi connectivity index (χ3v) is 8.80. The van der Waals surface area contributed by atoms with E-state index in [1.165, 1.54) is 23.5 Å². The molecule has 0 aromatic heterocycles. The normalized spacial score (nSPS) is 14.5. The Bertz CT molecular complexity index is 1320. The Labute approximate surface area is 195 Å². The van der Waals surface area contributed by atoms with E-state index in [0.29, 0.717) is 30.8 Å². The third-order valence-electron chi connectivity index (χ3n) is 5.66. The summed E-state index contributed by atoms with van der Waals surface area (Å²) in [5.41, 5.74) is 3.20. The van der Waals surface area contributed by atoms with Crippen LogP contribution in [0.25, 0.3) is 0 Å². The van der Waals surface area contributed by atoms with Crippen molar-refractivity contribution in [1.29, 1.82) is 0 Å². The largest absolute Gasteiger partial charge is 0.497 e. The van der Waals surface area contributed by atoms with E-state index < -0.39 is 20.0 Å². The standard InChI is InChI=1S/C24H26N2O5S2/c1-31-23-9-11-24(12-10-23)33(29,30)26-15-13-20-7-8-22(17-21(20)18-26)25-32(27,28)16-14-19-5-3-2-4-6-19/h2-12,17,25H,13-16,18H2,1H3. The summed E-state index contributed by atoms with van der Waals surface area (Å²) in [6.07, 6.45) is 0.973. The Morgan fingerprint density at radius 3 is 2.33 bits per heavy atom. The molecule has 7 nitrogen and oxygen atoms in total. The van der Waals surface area contributed by atoms with Crippen molar-refractivity contribution in [2.45, 2.75) is 24.3 Å². The van der Waals surface area contributed by atoms with Gasteiger partial charge in [0.05, 0.1) is 17.8 Å². The van der Waals surface area contributed by atoms with Crippen LogP contribution in [0.3, 0.4) is 0 Å². The van der Waals surface area contributed by atoms with Gasteiger partial charge in [0, 0.05) is 18.8 Å². The highest BCUT2D eigenvalue weighted by molar-refractivity contribution is 7.92. The van der Waals surface area contributed by atoms with Crippen LogP contribution in [0.2, 0.25) is 0 Å². The van der Waals surface area contributed by atoms with E-state index in [4.69, 9.17) is 4.74 Å². The highest BCUT2D eigenvalue weighted by Crippen LogP contribution is 2.28. The molecule has 174 valence electrons.